The Morgan fingerprint density at radius 1 is 1.35 bits per heavy atom. The highest BCUT2D eigenvalue weighted by molar-refractivity contribution is 5.80. The fraction of sp³-hybridized carbons (Fsp3) is 0.778. The van der Waals surface area contributed by atoms with Crippen LogP contribution in [-0.2, 0) is 4.79 Å². The molecule has 0 radical (unpaired) electrons. The fourth-order valence-corrected chi connectivity index (χ4v) is 0.982. The Balaban J connectivity index is 4.45. The van der Waals surface area contributed by atoms with Gasteiger partial charge >= 0.3 is 18.2 Å². The molecule has 2 amide bonds. The molecule has 0 bridgehead atoms. The molecule has 0 aromatic carbocycles. The molecule has 0 aromatic heterocycles. The van der Waals surface area contributed by atoms with Crippen LogP contribution >= 0.6 is 0 Å². The molecule has 100 valence electrons. The van der Waals surface area contributed by atoms with Crippen LogP contribution in [0.5, 0.6) is 0 Å². The molecule has 0 saturated heterocycles. The quantitative estimate of drug-likeness (QED) is 0.779. The second-order valence-electron chi connectivity index (χ2n) is 3.94. The molecule has 0 fully saturated rings. The first-order chi connectivity index (χ1) is 7.61. The third-order valence-corrected chi connectivity index (χ3v) is 1.65. The Bertz CT molecular complexity index is 279. The van der Waals surface area contributed by atoms with E-state index in [1.807, 2.05) is 0 Å². The van der Waals surface area contributed by atoms with Crippen molar-refractivity contribution in [3.8, 4) is 0 Å². The minimum atomic E-state index is -4.62. The number of halogens is 3. The number of amides is 2. The van der Waals surface area contributed by atoms with Gasteiger partial charge in [-0.25, -0.2) is 4.79 Å². The van der Waals surface area contributed by atoms with Crippen molar-refractivity contribution in [2.45, 2.75) is 20.0 Å². The Labute approximate surface area is 96.6 Å². The first-order valence-corrected chi connectivity index (χ1v) is 4.93. The maximum absolute atomic E-state index is 12.1. The zero-order valence-corrected chi connectivity index (χ0v) is 9.54. The van der Waals surface area contributed by atoms with E-state index in [-0.39, 0.29) is 17.4 Å². The number of carbonyl (C=O) groups is 2. The summed E-state index contributed by atoms with van der Waals surface area (Å²) < 4.78 is 36.3. The molecule has 8 heteroatoms. The van der Waals surface area contributed by atoms with Crippen molar-refractivity contribution in [3.05, 3.63) is 0 Å². The van der Waals surface area contributed by atoms with Gasteiger partial charge < -0.3 is 15.3 Å². The van der Waals surface area contributed by atoms with Gasteiger partial charge in [-0.2, -0.15) is 13.2 Å². The van der Waals surface area contributed by atoms with Crippen molar-refractivity contribution in [2.75, 3.05) is 19.6 Å². The predicted octanol–water partition coefficient (Wildman–Crippen LogP) is 1.30. The normalized spacial score (nSPS) is 11.4. The topological polar surface area (TPSA) is 69.6 Å². The average molecular weight is 256 g/mol. The lowest BCUT2D eigenvalue weighted by Gasteiger charge is -2.22. The highest BCUT2D eigenvalue weighted by Crippen LogP contribution is 2.16. The minimum Gasteiger partial charge on any atom is -0.480 e. The second kappa shape index (κ2) is 6.31. The molecule has 5 nitrogen and oxygen atoms in total. The van der Waals surface area contributed by atoms with Crippen LogP contribution in [0.1, 0.15) is 13.8 Å². The van der Waals surface area contributed by atoms with Crippen LogP contribution in [0.2, 0.25) is 0 Å². The van der Waals surface area contributed by atoms with Crippen LogP contribution in [-0.4, -0.2) is 47.8 Å². The molecule has 17 heavy (non-hydrogen) atoms. The first kappa shape index (κ1) is 15.5. The van der Waals surface area contributed by atoms with E-state index in [0.29, 0.717) is 0 Å². The Hall–Kier alpha value is -1.47. The van der Waals surface area contributed by atoms with Gasteiger partial charge in [0.25, 0.3) is 0 Å². The molecule has 0 aliphatic rings. The molecule has 0 aliphatic carbocycles. The van der Waals surface area contributed by atoms with Gasteiger partial charge in [-0.15, -0.1) is 0 Å². The van der Waals surface area contributed by atoms with Crippen molar-refractivity contribution in [1.82, 2.24) is 10.2 Å². The summed E-state index contributed by atoms with van der Waals surface area (Å²) >= 11 is 0. The van der Waals surface area contributed by atoms with E-state index in [1.54, 1.807) is 13.8 Å². The lowest BCUT2D eigenvalue weighted by molar-refractivity contribution is -0.148. The van der Waals surface area contributed by atoms with Crippen molar-refractivity contribution in [2.24, 2.45) is 5.92 Å². The van der Waals surface area contributed by atoms with E-state index in [0.717, 1.165) is 0 Å². The largest absolute Gasteiger partial charge is 0.480 e. The van der Waals surface area contributed by atoms with Crippen LogP contribution in [0.25, 0.3) is 0 Å². The van der Waals surface area contributed by atoms with Gasteiger partial charge in [0.2, 0.25) is 0 Å². The molecule has 0 rings (SSSR count). The monoisotopic (exact) mass is 256 g/mol. The van der Waals surface area contributed by atoms with Crippen LogP contribution in [0.4, 0.5) is 18.0 Å². The molecule has 0 aliphatic heterocycles. The Morgan fingerprint density at radius 2 is 1.88 bits per heavy atom. The molecule has 0 spiro atoms. The second-order valence-corrected chi connectivity index (χ2v) is 3.94. The molecule has 0 saturated carbocycles. The van der Waals surface area contributed by atoms with E-state index in [4.69, 9.17) is 5.11 Å². The van der Waals surface area contributed by atoms with E-state index in [1.165, 1.54) is 0 Å². The summed E-state index contributed by atoms with van der Waals surface area (Å²) in [6, 6.07) is -1.03. The zero-order valence-electron chi connectivity index (χ0n) is 9.54. The molecule has 2 N–H and O–H groups in total. The standard InChI is InChI=1S/C9H15F3N2O3/c1-6(2)3-13-8(17)14(4-7(15)16)5-9(10,11)12/h6H,3-5H2,1-2H3,(H,13,17)(H,15,16). The number of alkyl halides is 3. The third kappa shape index (κ3) is 8.35. The Morgan fingerprint density at radius 3 is 2.24 bits per heavy atom. The SMILES string of the molecule is CC(C)CNC(=O)N(CC(=O)O)CC(F)(F)F. The molecular weight excluding hydrogens is 241 g/mol. The predicted molar refractivity (Wildman–Crippen MR) is 53.5 cm³/mol. The number of urea groups is 1. The van der Waals surface area contributed by atoms with E-state index >= 15 is 0 Å². The third-order valence-electron chi connectivity index (χ3n) is 1.65. The fourth-order valence-electron chi connectivity index (χ4n) is 0.982. The summed E-state index contributed by atoms with van der Waals surface area (Å²) in [6.45, 7) is 1.16. The van der Waals surface area contributed by atoms with Crippen molar-refractivity contribution < 1.29 is 27.9 Å². The van der Waals surface area contributed by atoms with Crippen LogP contribution in [0.3, 0.4) is 0 Å². The zero-order chi connectivity index (χ0) is 13.6. The van der Waals surface area contributed by atoms with Gasteiger partial charge in [0.1, 0.15) is 13.1 Å². The number of hydrogen-bond donors (Lipinski definition) is 2. The van der Waals surface area contributed by atoms with Crippen LogP contribution in [0, 0.1) is 5.92 Å². The van der Waals surface area contributed by atoms with Crippen LogP contribution < -0.4 is 5.32 Å². The maximum atomic E-state index is 12.1. The van der Waals surface area contributed by atoms with Crippen molar-refractivity contribution in [1.29, 1.82) is 0 Å². The van der Waals surface area contributed by atoms with E-state index in [9.17, 15) is 22.8 Å². The number of aliphatic carboxylic acids is 1. The number of carbonyl (C=O) groups excluding carboxylic acids is 1. The van der Waals surface area contributed by atoms with Gasteiger partial charge in [-0.1, -0.05) is 13.8 Å². The van der Waals surface area contributed by atoms with Crippen molar-refractivity contribution in [3.63, 3.8) is 0 Å². The van der Waals surface area contributed by atoms with Gasteiger partial charge in [0, 0.05) is 6.54 Å². The summed E-state index contributed by atoms with van der Waals surface area (Å²) in [5.41, 5.74) is 0. The highest BCUT2D eigenvalue weighted by Gasteiger charge is 2.33. The van der Waals surface area contributed by atoms with Gasteiger partial charge in [0.15, 0.2) is 0 Å². The number of nitrogens with zero attached hydrogens (tertiary/aromatic N) is 1. The smallest absolute Gasteiger partial charge is 0.406 e. The van der Waals surface area contributed by atoms with Gasteiger partial charge in [-0.05, 0) is 5.92 Å². The number of carboxylic acid groups (broad SMARTS) is 1. The number of carboxylic acids is 1. The summed E-state index contributed by atoms with van der Waals surface area (Å²) in [6.07, 6.45) is -4.62. The summed E-state index contributed by atoms with van der Waals surface area (Å²) in [7, 11) is 0. The number of rotatable bonds is 5. The molecular formula is C9H15F3N2O3. The average Bonchev–Trinajstić information content (AvgIpc) is 2.09. The highest BCUT2D eigenvalue weighted by atomic mass is 19.4. The maximum Gasteiger partial charge on any atom is 0.406 e. The minimum absolute atomic E-state index is 0.0662. The molecule has 0 heterocycles. The summed E-state index contributed by atoms with van der Waals surface area (Å²) in [5, 5.41) is 10.7. The van der Waals surface area contributed by atoms with Crippen LogP contribution in [0.15, 0.2) is 0 Å². The Kier molecular flexibility index (Phi) is 5.77. The van der Waals surface area contributed by atoms with Crippen molar-refractivity contribution >= 4 is 12.0 Å². The number of hydrogen-bond acceptors (Lipinski definition) is 2. The lowest BCUT2D eigenvalue weighted by atomic mass is 10.2. The molecule has 0 unspecified atom stereocenters. The lowest BCUT2D eigenvalue weighted by Crippen LogP contribution is -2.47. The van der Waals surface area contributed by atoms with E-state index in [2.05, 4.69) is 5.32 Å². The van der Waals surface area contributed by atoms with Gasteiger partial charge in [-0.3, -0.25) is 4.79 Å². The number of nitrogens with one attached hydrogen (secondary N) is 1. The van der Waals surface area contributed by atoms with E-state index < -0.39 is 31.3 Å². The summed E-state index contributed by atoms with van der Waals surface area (Å²) in [5.74, 6) is -1.43. The van der Waals surface area contributed by atoms with Gasteiger partial charge in [0.05, 0.1) is 0 Å². The molecule has 0 atom stereocenters. The first-order valence-electron chi connectivity index (χ1n) is 4.93. The summed E-state index contributed by atoms with van der Waals surface area (Å²) in [4.78, 5) is 21.9. The molecule has 0 aromatic rings.